The minimum Gasteiger partial charge on any atom is -0.488 e. The number of fused-ring (bicyclic) bond motifs is 1. The van der Waals surface area contributed by atoms with E-state index in [4.69, 9.17) is 14.3 Å². The first kappa shape index (κ1) is 24.1. The van der Waals surface area contributed by atoms with Gasteiger partial charge in [-0.1, -0.05) is 0 Å². The van der Waals surface area contributed by atoms with Crippen molar-refractivity contribution in [2.24, 2.45) is 0 Å². The zero-order valence-electron chi connectivity index (χ0n) is 17.1. The van der Waals surface area contributed by atoms with Crippen molar-refractivity contribution in [1.29, 1.82) is 0 Å². The summed E-state index contributed by atoms with van der Waals surface area (Å²) in [7, 11) is 0. The van der Waals surface area contributed by atoms with Crippen LogP contribution in [0, 0.1) is 13.8 Å². The van der Waals surface area contributed by atoms with Crippen molar-refractivity contribution in [2.45, 2.75) is 39.2 Å². The minimum atomic E-state index is -4.98. The van der Waals surface area contributed by atoms with Gasteiger partial charge in [0.05, 0.1) is 23.1 Å². The number of rotatable bonds is 5. The van der Waals surface area contributed by atoms with Crippen LogP contribution < -0.4 is 10.4 Å². The monoisotopic (exact) mass is 474 g/mol. The van der Waals surface area contributed by atoms with Gasteiger partial charge in [-0.2, -0.15) is 26.3 Å². The zero-order valence-corrected chi connectivity index (χ0v) is 17.1. The Labute approximate surface area is 182 Å². The van der Waals surface area contributed by atoms with Crippen LogP contribution in [-0.2, 0) is 30.2 Å². The number of halogens is 6. The number of hydrogen-bond acceptors (Lipinski definition) is 4. The summed E-state index contributed by atoms with van der Waals surface area (Å²) in [5.74, 6) is -1.15. The van der Waals surface area contributed by atoms with E-state index in [0.29, 0.717) is 23.1 Å². The Bertz CT molecular complexity index is 1260. The summed E-state index contributed by atoms with van der Waals surface area (Å²) in [6.07, 6.45) is -10.5. The van der Waals surface area contributed by atoms with E-state index in [-0.39, 0.29) is 34.1 Å². The van der Waals surface area contributed by atoms with Gasteiger partial charge >= 0.3 is 23.9 Å². The van der Waals surface area contributed by atoms with Crippen LogP contribution in [0.3, 0.4) is 0 Å². The topological polar surface area (TPSA) is 76.7 Å². The maximum atomic E-state index is 13.0. The van der Waals surface area contributed by atoms with Crippen LogP contribution in [0.4, 0.5) is 26.3 Å². The lowest BCUT2D eigenvalue weighted by atomic mass is 10.0. The quantitative estimate of drug-likeness (QED) is 0.382. The second kappa shape index (κ2) is 8.45. The summed E-state index contributed by atoms with van der Waals surface area (Å²) in [5.41, 5.74) is -3.45. The number of carboxylic acid groups (broad SMARTS) is 1. The Morgan fingerprint density at radius 3 is 2.06 bits per heavy atom. The standard InChI is InChI=1S/C22H16F6O5/c1-10-15-3-4-17(11(2)19(15)33-20(31)16(10)8-18(29)30)32-9-12-5-13(21(23,24)25)7-14(6-12)22(26,27)28/h3-7H,8-9H2,1-2H3,(H,29,30). The average Bonchev–Trinajstić information content (AvgIpc) is 2.69. The second-order valence-electron chi connectivity index (χ2n) is 7.33. The van der Waals surface area contributed by atoms with Gasteiger partial charge in [-0.15, -0.1) is 0 Å². The first-order valence-corrected chi connectivity index (χ1v) is 9.37. The molecule has 0 fully saturated rings. The van der Waals surface area contributed by atoms with Crippen LogP contribution in [0.15, 0.2) is 39.5 Å². The Morgan fingerprint density at radius 1 is 0.970 bits per heavy atom. The Balaban J connectivity index is 1.99. The molecule has 1 N–H and O–H groups in total. The lowest BCUT2D eigenvalue weighted by Gasteiger charge is -2.16. The number of carbonyl (C=O) groups is 1. The van der Waals surface area contributed by atoms with Crippen molar-refractivity contribution >= 4 is 16.9 Å². The smallest absolute Gasteiger partial charge is 0.416 e. The number of aliphatic carboxylic acids is 1. The molecule has 176 valence electrons. The summed E-state index contributed by atoms with van der Waals surface area (Å²) in [6, 6.07) is 4.03. The molecule has 0 aliphatic carbocycles. The van der Waals surface area contributed by atoms with E-state index in [1.807, 2.05) is 0 Å². The highest BCUT2D eigenvalue weighted by Crippen LogP contribution is 2.37. The normalized spacial score (nSPS) is 12.2. The first-order valence-electron chi connectivity index (χ1n) is 9.37. The molecule has 0 bridgehead atoms. The highest BCUT2D eigenvalue weighted by atomic mass is 19.4. The number of hydrogen-bond donors (Lipinski definition) is 1. The molecular formula is C22H16F6O5. The van der Waals surface area contributed by atoms with Crippen molar-refractivity contribution < 1.29 is 45.4 Å². The molecule has 0 saturated heterocycles. The molecule has 0 aliphatic rings. The fraction of sp³-hybridized carbons (Fsp3) is 0.273. The van der Waals surface area contributed by atoms with E-state index in [2.05, 4.69) is 0 Å². The molecule has 0 aliphatic heterocycles. The number of aryl methyl sites for hydroxylation is 2. The molecule has 2 aromatic carbocycles. The van der Waals surface area contributed by atoms with Crippen molar-refractivity contribution in [1.82, 2.24) is 0 Å². The highest BCUT2D eigenvalue weighted by molar-refractivity contribution is 5.86. The summed E-state index contributed by atoms with van der Waals surface area (Å²) in [5, 5.41) is 9.39. The Hall–Kier alpha value is -3.50. The number of benzene rings is 2. The van der Waals surface area contributed by atoms with Crippen molar-refractivity contribution in [3.63, 3.8) is 0 Å². The predicted octanol–water partition coefficient (Wildman–Crippen LogP) is 5.65. The van der Waals surface area contributed by atoms with E-state index >= 15 is 0 Å². The van der Waals surface area contributed by atoms with Crippen LogP contribution >= 0.6 is 0 Å². The van der Waals surface area contributed by atoms with Crippen molar-refractivity contribution in [2.75, 3.05) is 0 Å². The number of alkyl halides is 6. The molecule has 5 nitrogen and oxygen atoms in total. The van der Waals surface area contributed by atoms with Crippen LogP contribution in [-0.4, -0.2) is 11.1 Å². The summed E-state index contributed by atoms with van der Waals surface area (Å²) in [6.45, 7) is 2.42. The molecule has 3 rings (SSSR count). The van der Waals surface area contributed by atoms with Crippen LogP contribution in [0.5, 0.6) is 5.75 Å². The fourth-order valence-electron chi connectivity index (χ4n) is 3.35. The zero-order chi connectivity index (χ0) is 24.7. The molecule has 11 heteroatoms. The molecule has 0 radical (unpaired) electrons. The maximum absolute atomic E-state index is 13.0. The summed E-state index contributed by atoms with van der Waals surface area (Å²) >= 11 is 0. The fourth-order valence-corrected chi connectivity index (χ4v) is 3.35. The third-order valence-corrected chi connectivity index (χ3v) is 5.02. The number of carboxylic acids is 1. The van der Waals surface area contributed by atoms with Gasteiger partial charge in [-0.25, -0.2) is 4.79 Å². The number of ether oxygens (including phenoxy) is 1. The largest absolute Gasteiger partial charge is 0.488 e. The van der Waals surface area contributed by atoms with Gasteiger partial charge in [0, 0.05) is 10.9 Å². The summed E-state index contributed by atoms with van der Waals surface area (Å²) in [4.78, 5) is 23.2. The van der Waals surface area contributed by atoms with Gasteiger partial charge in [0.15, 0.2) is 0 Å². The first-order chi connectivity index (χ1) is 15.2. The van der Waals surface area contributed by atoms with Gasteiger partial charge in [0.25, 0.3) is 0 Å². The highest BCUT2D eigenvalue weighted by Gasteiger charge is 2.37. The van der Waals surface area contributed by atoms with Gasteiger partial charge in [0.2, 0.25) is 0 Å². The molecule has 3 aromatic rings. The van der Waals surface area contributed by atoms with Crippen molar-refractivity contribution in [3.05, 3.63) is 74.1 Å². The molecule has 1 heterocycles. The molecule has 0 unspecified atom stereocenters. The van der Waals surface area contributed by atoms with Crippen LogP contribution in [0.1, 0.15) is 33.4 Å². The summed E-state index contributed by atoms with van der Waals surface area (Å²) < 4.78 is 88.9. The molecular weight excluding hydrogens is 458 g/mol. The third-order valence-electron chi connectivity index (χ3n) is 5.02. The molecule has 0 amide bonds. The lowest BCUT2D eigenvalue weighted by molar-refractivity contribution is -0.143. The predicted molar refractivity (Wildman–Crippen MR) is 104 cm³/mol. The van der Waals surface area contributed by atoms with Gasteiger partial charge < -0.3 is 14.3 Å². The average molecular weight is 474 g/mol. The van der Waals surface area contributed by atoms with Gasteiger partial charge in [0.1, 0.15) is 17.9 Å². The SMILES string of the molecule is Cc1c(CC(=O)O)c(=O)oc2c(C)c(OCc3cc(C(F)(F)F)cc(C(F)(F)F)c3)ccc12. The minimum absolute atomic E-state index is 0.0247. The molecule has 33 heavy (non-hydrogen) atoms. The third kappa shape index (κ3) is 5.12. The van der Waals surface area contributed by atoms with E-state index < -0.39 is 48.1 Å². The van der Waals surface area contributed by atoms with Gasteiger partial charge in [-0.05, 0) is 55.3 Å². The molecule has 1 aromatic heterocycles. The Kier molecular flexibility index (Phi) is 6.18. The van der Waals surface area contributed by atoms with Crippen LogP contribution in [0.2, 0.25) is 0 Å². The molecule has 0 spiro atoms. The van der Waals surface area contributed by atoms with Gasteiger partial charge in [-0.3, -0.25) is 4.79 Å². The molecule has 0 saturated carbocycles. The Morgan fingerprint density at radius 2 is 1.55 bits per heavy atom. The van der Waals surface area contributed by atoms with Crippen molar-refractivity contribution in [3.8, 4) is 5.75 Å². The van der Waals surface area contributed by atoms with E-state index in [0.717, 1.165) is 0 Å². The lowest BCUT2D eigenvalue weighted by Crippen LogP contribution is -2.15. The van der Waals surface area contributed by atoms with Crippen LogP contribution in [0.25, 0.3) is 11.0 Å². The molecule has 0 atom stereocenters. The second-order valence-corrected chi connectivity index (χ2v) is 7.33. The maximum Gasteiger partial charge on any atom is 0.416 e. The van der Waals surface area contributed by atoms with E-state index in [9.17, 15) is 35.9 Å². The van der Waals surface area contributed by atoms with E-state index in [1.165, 1.54) is 19.1 Å². The van der Waals surface area contributed by atoms with E-state index in [1.54, 1.807) is 6.92 Å².